The number of carbonyl (C=O) groups is 2. The van der Waals surface area contributed by atoms with Gasteiger partial charge < -0.3 is 5.11 Å². The Labute approximate surface area is 182 Å². The van der Waals surface area contributed by atoms with Crippen LogP contribution < -0.4 is 4.90 Å². The van der Waals surface area contributed by atoms with Gasteiger partial charge >= 0.3 is 5.91 Å². The Morgan fingerprint density at radius 3 is 2.17 bits per heavy atom. The lowest BCUT2D eigenvalue weighted by molar-refractivity contribution is -0.132. The third-order valence-electron chi connectivity index (χ3n) is 4.94. The van der Waals surface area contributed by atoms with Crippen molar-refractivity contribution < 1.29 is 14.7 Å². The normalized spacial score (nSPS) is 18.2. The first-order valence-electron chi connectivity index (χ1n) is 9.23. The molecular weight excluding hydrogens is 418 g/mol. The number of carbonyl (C=O) groups excluding carboxylic acids is 2. The van der Waals surface area contributed by atoms with Crippen LogP contribution in [0.3, 0.4) is 0 Å². The smallest absolute Gasteiger partial charge is 0.301 e. The Balaban J connectivity index is 1.92. The van der Waals surface area contributed by atoms with E-state index >= 15 is 0 Å². The van der Waals surface area contributed by atoms with Crippen molar-refractivity contribution in [2.24, 2.45) is 0 Å². The van der Waals surface area contributed by atoms with Gasteiger partial charge in [-0.05, 0) is 25.7 Å². The second-order valence-electron chi connectivity index (χ2n) is 7.00. The molecule has 2 aromatic carbocycles. The van der Waals surface area contributed by atoms with E-state index in [9.17, 15) is 14.7 Å². The van der Waals surface area contributed by atoms with Crippen molar-refractivity contribution in [3.8, 4) is 0 Å². The fourth-order valence-electron chi connectivity index (χ4n) is 3.34. The van der Waals surface area contributed by atoms with E-state index in [0.29, 0.717) is 15.0 Å². The number of aryl methyl sites for hydroxylation is 2. The van der Waals surface area contributed by atoms with Gasteiger partial charge in [0.1, 0.15) is 5.76 Å². The zero-order chi connectivity index (χ0) is 21.4. The van der Waals surface area contributed by atoms with Crippen molar-refractivity contribution in [2.75, 3.05) is 11.2 Å². The number of aliphatic hydroxyl groups excluding tert-OH is 1. The lowest BCUT2D eigenvalue weighted by Gasteiger charge is -2.22. The lowest BCUT2D eigenvalue weighted by atomic mass is 9.94. The molecule has 1 N–H and O–H groups in total. The van der Waals surface area contributed by atoms with Crippen LogP contribution in [0.1, 0.15) is 28.3 Å². The zero-order valence-electron chi connectivity index (χ0n) is 16.6. The average molecular weight is 438 g/mol. The number of benzene rings is 2. The summed E-state index contributed by atoms with van der Waals surface area (Å²) in [5.74, 6) is -1.66. The predicted octanol–water partition coefficient (Wildman–Crippen LogP) is 4.50. The van der Waals surface area contributed by atoms with E-state index in [4.69, 9.17) is 0 Å². The summed E-state index contributed by atoms with van der Waals surface area (Å²) in [6.07, 6.45) is 1.87. The summed E-state index contributed by atoms with van der Waals surface area (Å²) in [4.78, 5) is 27.4. The number of aliphatic hydroxyl groups is 1. The quantitative estimate of drug-likeness (QED) is 0.213. The molecule has 0 unspecified atom stereocenters. The maximum absolute atomic E-state index is 13.0. The van der Waals surface area contributed by atoms with Crippen molar-refractivity contribution in [1.82, 2.24) is 10.2 Å². The number of anilines is 1. The van der Waals surface area contributed by atoms with Gasteiger partial charge in [-0.15, -0.1) is 10.2 Å². The fourth-order valence-corrected chi connectivity index (χ4v) is 4.63. The van der Waals surface area contributed by atoms with Crippen LogP contribution in [0.4, 0.5) is 5.13 Å². The molecule has 1 amide bonds. The van der Waals surface area contributed by atoms with E-state index in [0.717, 1.165) is 16.7 Å². The van der Waals surface area contributed by atoms with Crippen molar-refractivity contribution in [3.63, 3.8) is 0 Å². The van der Waals surface area contributed by atoms with Crippen LogP contribution in [0.2, 0.25) is 0 Å². The van der Waals surface area contributed by atoms with Gasteiger partial charge in [-0.1, -0.05) is 82.8 Å². The molecule has 6 nitrogen and oxygen atoms in total. The molecular formula is C22H19N3O3S2. The minimum Gasteiger partial charge on any atom is -0.507 e. The van der Waals surface area contributed by atoms with Gasteiger partial charge in [-0.25, -0.2) is 0 Å². The SMILES string of the molecule is CSc1nnc(N2C(=O)C(=O)C(=C(O)c3ccc(C)cc3)[C@@H]2c2ccc(C)cc2)s1. The Morgan fingerprint density at radius 2 is 1.60 bits per heavy atom. The number of amides is 1. The number of hydrogen-bond donors (Lipinski definition) is 1. The minimum atomic E-state index is -0.783. The standard InChI is InChI=1S/C22H19N3O3S2/c1-12-4-8-14(9-5-12)17-16(18(26)15-10-6-13(2)7-11-15)19(27)20(28)25(17)21-23-24-22(29-3)30-21/h4-11,17,26H,1-3H3/t17-/m0/s1. The third-order valence-corrected chi connectivity index (χ3v) is 6.84. The summed E-state index contributed by atoms with van der Waals surface area (Å²) < 4.78 is 0.688. The molecule has 0 aliphatic carbocycles. The van der Waals surface area contributed by atoms with Gasteiger partial charge in [-0.3, -0.25) is 14.5 Å². The van der Waals surface area contributed by atoms with Crippen molar-refractivity contribution in [1.29, 1.82) is 0 Å². The van der Waals surface area contributed by atoms with E-state index in [1.165, 1.54) is 28.0 Å². The number of aromatic nitrogens is 2. The van der Waals surface area contributed by atoms with Gasteiger partial charge in [0.15, 0.2) is 4.34 Å². The van der Waals surface area contributed by atoms with E-state index < -0.39 is 17.7 Å². The van der Waals surface area contributed by atoms with Gasteiger partial charge in [0.2, 0.25) is 5.13 Å². The van der Waals surface area contributed by atoms with Crippen molar-refractivity contribution >= 4 is 45.7 Å². The largest absolute Gasteiger partial charge is 0.507 e. The van der Waals surface area contributed by atoms with Gasteiger partial charge in [0.25, 0.3) is 5.78 Å². The van der Waals surface area contributed by atoms with Crippen LogP contribution in [0.15, 0.2) is 58.4 Å². The summed E-state index contributed by atoms with van der Waals surface area (Å²) in [6.45, 7) is 3.90. The second kappa shape index (κ2) is 8.04. The van der Waals surface area contributed by atoms with E-state index in [1.54, 1.807) is 12.1 Å². The summed E-state index contributed by atoms with van der Waals surface area (Å²) in [6, 6.07) is 13.9. The molecule has 0 radical (unpaired) electrons. The second-order valence-corrected chi connectivity index (χ2v) is 9.01. The topological polar surface area (TPSA) is 83.4 Å². The lowest BCUT2D eigenvalue weighted by Crippen LogP contribution is -2.29. The molecule has 1 aliphatic heterocycles. The summed E-state index contributed by atoms with van der Waals surface area (Å²) in [5, 5.41) is 19.6. The first-order chi connectivity index (χ1) is 14.4. The van der Waals surface area contributed by atoms with Crippen LogP contribution >= 0.6 is 23.1 Å². The maximum Gasteiger partial charge on any atom is 0.301 e. The third kappa shape index (κ3) is 3.53. The molecule has 1 atom stereocenters. The fraction of sp³-hybridized carbons (Fsp3) is 0.182. The Bertz CT molecular complexity index is 1150. The number of rotatable bonds is 4. The van der Waals surface area contributed by atoms with Crippen LogP contribution in [-0.2, 0) is 9.59 Å². The highest BCUT2D eigenvalue weighted by atomic mass is 32.2. The maximum atomic E-state index is 13.0. The summed E-state index contributed by atoms with van der Waals surface area (Å²) >= 11 is 2.65. The van der Waals surface area contributed by atoms with Gasteiger partial charge in [0.05, 0.1) is 11.6 Å². The van der Waals surface area contributed by atoms with Crippen LogP contribution in [0, 0.1) is 13.8 Å². The number of thioether (sulfide) groups is 1. The minimum absolute atomic E-state index is 0.0496. The van der Waals surface area contributed by atoms with E-state index in [1.807, 2.05) is 56.5 Å². The number of hydrogen-bond acceptors (Lipinski definition) is 7. The van der Waals surface area contributed by atoms with Crippen molar-refractivity contribution in [2.45, 2.75) is 24.2 Å². The Hall–Kier alpha value is -2.97. The Morgan fingerprint density at radius 1 is 1.00 bits per heavy atom. The monoisotopic (exact) mass is 437 g/mol. The van der Waals surface area contributed by atoms with Crippen LogP contribution in [-0.4, -0.2) is 33.3 Å². The number of nitrogens with zero attached hydrogens (tertiary/aromatic N) is 3. The molecule has 2 heterocycles. The van der Waals surface area contributed by atoms with Crippen LogP contribution in [0.5, 0.6) is 0 Å². The molecule has 1 fully saturated rings. The molecule has 4 rings (SSSR count). The zero-order valence-corrected chi connectivity index (χ0v) is 18.3. The molecule has 0 spiro atoms. The average Bonchev–Trinajstić information content (AvgIpc) is 3.31. The Kier molecular flexibility index (Phi) is 5.44. The predicted molar refractivity (Wildman–Crippen MR) is 119 cm³/mol. The van der Waals surface area contributed by atoms with Gasteiger partial charge in [0, 0.05) is 5.56 Å². The highest BCUT2D eigenvalue weighted by Crippen LogP contribution is 2.43. The van der Waals surface area contributed by atoms with Crippen LogP contribution in [0.25, 0.3) is 5.76 Å². The molecule has 1 aromatic heterocycles. The first kappa shape index (κ1) is 20.3. The van der Waals surface area contributed by atoms with Crippen molar-refractivity contribution in [3.05, 3.63) is 76.4 Å². The summed E-state index contributed by atoms with van der Waals surface area (Å²) in [7, 11) is 0. The highest BCUT2D eigenvalue weighted by molar-refractivity contribution is 8.00. The first-order valence-corrected chi connectivity index (χ1v) is 11.3. The molecule has 0 saturated carbocycles. The number of ketones is 1. The highest BCUT2D eigenvalue weighted by Gasteiger charge is 2.48. The summed E-state index contributed by atoms with van der Waals surface area (Å²) in [5.41, 5.74) is 3.33. The van der Waals surface area contributed by atoms with E-state index in [-0.39, 0.29) is 11.3 Å². The molecule has 0 bridgehead atoms. The molecule has 1 aliphatic rings. The molecule has 3 aromatic rings. The van der Waals surface area contributed by atoms with E-state index in [2.05, 4.69) is 10.2 Å². The molecule has 152 valence electrons. The molecule has 30 heavy (non-hydrogen) atoms. The van der Waals surface area contributed by atoms with Gasteiger partial charge in [-0.2, -0.15) is 0 Å². The molecule has 8 heteroatoms. The molecule has 1 saturated heterocycles. The number of Topliss-reactive ketones (excluding diaryl/α,β-unsaturated/α-hetero) is 1.